The highest BCUT2D eigenvalue weighted by atomic mass is 19.4. The van der Waals surface area contributed by atoms with E-state index in [0.717, 1.165) is 11.0 Å². The molecule has 1 saturated heterocycles. The summed E-state index contributed by atoms with van der Waals surface area (Å²) < 4.78 is 66.4. The van der Waals surface area contributed by atoms with Gasteiger partial charge in [0, 0.05) is 44.9 Å². The molecule has 0 bridgehead atoms. The van der Waals surface area contributed by atoms with Gasteiger partial charge in [0.25, 0.3) is 5.92 Å². The molecule has 2 aliphatic rings. The molecule has 29 heavy (non-hydrogen) atoms. The fourth-order valence-corrected chi connectivity index (χ4v) is 3.85. The van der Waals surface area contributed by atoms with Crippen molar-refractivity contribution in [3.8, 4) is 0 Å². The van der Waals surface area contributed by atoms with E-state index < -0.39 is 42.6 Å². The molecule has 1 fully saturated rings. The number of rotatable bonds is 4. The lowest BCUT2D eigenvalue weighted by Gasteiger charge is -2.35. The zero-order valence-electron chi connectivity index (χ0n) is 15.6. The highest BCUT2D eigenvalue weighted by molar-refractivity contribution is 5.78. The molecular formula is C19H22F5N3O2. The van der Waals surface area contributed by atoms with Gasteiger partial charge in [-0.3, -0.25) is 9.59 Å². The summed E-state index contributed by atoms with van der Waals surface area (Å²) >= 11 is 0. The van der Waals surface area contributed by atoms with Crippen molar-refractivity contribution in [1.29, 1.82) is 0 Å². The van der Waals surface area contributed by atoms with Gasteiger partial charge in [0.2, 0.25) is 11.8 Å². The summed E-state index contributed by atoms with van der Waals surface area (Å²) in [6.45, 7) is -0.730. The minimum Gasteiger partial charge on any atom is -0.338 e. The van der Waals surface area contributed by atoms with Gasteiger partial charge in [-0.05, 0) is 23.6 Å². The van der Waals surface area contributed by atoms with Crippen molar-refractivity contribution in [2.45, 2.75) is 50.4 Å². The number of likely N-dealkylation sites (tertiary alicyclic amines) is 1. The van der Waals surface area contributed by atoms with E-state index in [0.29, 0.717) is 5.56 Å². The monoisotopic (exact) mass is 419 g/mol. The van der Waals surface area contributed by atoms with Gasteiger partial charge in [0.1, 0.15) is 0 Å². The van der Waals surface area contributed by atoms with Gasteiger partial charge >= 0.3 is 6.18 Å². The Morgan fingerprint density at radius 1 is 1.24 bits per heavy atom. The molecule has 0 radical (unpaired) electrons. The van der Waals surface area contributed by atoms with Crippen LogP contribution in [0.5, 0.6) is 0 Å². The number of alkyl halides is 5. The second-order valence-corrected chi connectivity index (χ2v) is 7.60. The number of nitrogens with two attached hydrogens (primary N) is 1. The molecule has 0 unspecified atom stereocenters. The van der Waals surface area contributed by atoms with Crippen LogP contribution in [0.3, 0.4) is 0 Å². The van der Waals surface area contributed by atoms with Crippen LogP contribution in [0.2, 0.25) is 0 Å². The number of piperidine rings is 1. The molecule has 0 saturated carbocycles. The maximum absolute atomic E-state index is 13.5. The minimum atomic E-state index is -4.46. The van der Waals surface area contributed by atoms with Gasteiger partial charge in [-0.1, -0.05) is 12.1 Å². The molecule has 5 nitrogen and oxygen atoms in total. The lowest BCUT2D eigenvalue weighted by molar-refractivity contribution is -0.148. The van der Waals surface area contributed by atoms with Gasteiger partial charge in [-0.2, -0.15) is 13.2 Å². The van der Waals surface area contributed by atoms with Crippen LogP contribution >= 0.6 is 0 Å². The van der Waals surface area contributed by atoms with Crippen molar-refractivity contribution in [2.75, 3.05) is 19.6 Å². The summed E-state index contributed by atoms with van der Waals surface area (Å²) in [5.41, 5.74) is 5.83. The Hall–Kier alpha value is -2.23. The number of fused-ring (bicyclic) bond motifs is 1. The molecule has 0 spiro atoms. The number of benzene rings is 1. The van der Waals surface area contributed by atoms with Crippen molar-refractivity contribution in [2.24, 2.45) is 5.73 Å². The number of carbonyl (C=O) groups excluding carboxylic acids is 2. The molecule has 160 valence electrons. The topological polar surface area (TPSA) is 66.6 Å². The van der Waals surface area contributed by atoms with Crippen LogP contribution in [0.4, 0.5) is 22.0 Å². The maximum Gasteiger partial charge on any atom is 0.416 e. The fraction of sp³-hybridized carbons (Fsp3) is 0.579. The Morgan fingerprint density at radius 2 is 1.97 bits per heavy atom. The maximum atomic E-state index is 13.5. The Morgan fingerprint density at radius 3 is 2.66 bits per heavy atom. The van der Waals surface area contributed by atoms with E-state index >= 15 is 0 Å². The first-order valence-corrected chi connectivity index (χ1v) is 9.33. The van der Waals surface area contributed by atoms with Crippen molar-refractivity contribution >= 4 is 11.8 Å². The van der Waals surface area contributed by atoms with E-state index in [2.05, 4.69) is 0 Å². The molecule has 0 aromatic heterocycles. The SMILES string of the molecule is N[C@H](CC(=O)N1CCc2c(cccc2C(F)(F)F)C1)CN1CC(F)(F)CCC1=O. The lowest BCUT2D eigenvalue weighted by Crippen LogP contribution is -2.51. The van der Waals surface area contributed by atoms with E-state index in [9.17, 15) is 31.5 Å². The van der Waals surface area contributed by atoms with E-state index in [-0.39, 0.29) is 50.4 Å². The molecule has 2 aliphatic heterocycles. The van der Waals surface area contributed by atoms with Crippen LogP contribution in [0.1, 0.15) is 36.0 Å². The lowest BCUT2D eigenvalue weighted by atomic mass is 9.94. The van der Waals surface area contributed by atoms with Gasteiger partial charge in [-0.25, -0.2) is 8.78 Å². The predicted molar refractivity (Wildman–Crippen MR) is 93.9 cm³/mol. The van der Waals surface area contributed by atoms with Gasteiger partial charge < -0.3 is 15.5 Å². The summed E-state index contributed by atoms with van der Waals surface area (Å²) in [6.07, 6.45) is -5.32. The number of hydrogen-bond donors (Lipinski definition) is 1. The Labute approximate surface area is 164 Å². The quantitative estimate of drug-likeness (QED) is 0.763. The molecule has 10 heteroatoms. The van der Waals surface area contributed by atoms with Crippen LogP contribution < -0.4 is 5.73 Å². The van der Waals surface area contributed by atoms with Crippen molar-refractivity contribution < 1.29 is 31.5 Å². The number of amides is 2. The molecular weight excluding hydrogens is 397 g/mol. The highest BCUT2D eigenvalue weighted by Gasteiger charge is 2.40. The number of halogens is 5. The standard InChI is InChI=1S/C19H22F5N3O2/c20-18(21)6-4-16(28)27(11-18)10-13(25)8-17(29)26-7-5-14-12(9-26)2-1-3-15(14)19(22,23)24/h1-3,13H,4-11,25H2/t13-/m1/s1. The second kappa shape index (κ2) is 7.89. The van der Waals surface area contributed by atoms with Crippen LogP contribution in [0.25, 0.3) is 0 Å². The number of nitrogens with zero attached hydrogens (tertiary/aromatic N) is 2. The summed E-state index contributed by atoms with van der Waals surface area (Å²) in [5.74, 6) is -3.77. The normalized spacial score (nSPS) is 20.4. The van der Waals surface area contributed by atoms with E-state index in [1.54, 1.807) is 6.07 Å². The van der Waals surface area contributed by atoms with Crippen LogP contribution in [0, 0.1) is 0 Å². The first-order chi connectivity index (χ1) is 13.5. The average molecular weight is 419 g/mol. The van der Waals surface area contributed by atoms with Crippen LogP contribution in [-0.2, 0) is 28.7 Å². The summed E-state index contributed by atoms with van der Waals surface area (Å²) in [5, 5.41) is 0. The molecule has 3 rings (SSSR count). The zero-order chi connectivity index (χ0) is 21.4. The first-order valence-electron chi connectivity index (χ1n) is 9.33. The van der Waals surface area contributed by atoms with Gasteiger partial charge in [0.05, 0.1) is 12.1 Å². The van der Waals surface area contributed by atoms with E-state index in [1.165, 1.54) is 11.0 Å². The Kier molecular flexibility index (Phi) is 5.84. The van der Waals surface area contributed by atoms with Crippen molar-refractivity contribution in [3.05, 3.63) is 34.9 Å². The van der Waals surface area contributed by atoms with Crippen molar-refractivity contribution in [1.82, 2.24) is 9.80 Å². The third kappa shape index (κ3) is 5.04. The zero-order valence-corrected chi connectivity index (χ0v) is 15.6. The second-order valence-electron chi connectivity index (χ2n) is 7.60. The predicted octanol–water partition coefficient (Wildman–Crippen LogP) is 2.57. The number of hydrogen-bond acceptors (Lipinski definition) is 3. The Balaban J connectivity index is 1.60. The fourth-order valence-electron chi connectivity index (χ4n) is 3.85. The summed E-state index contributed by atoms with van der Waals surface area (Å²) in [7, 11) is 0. The molecule has 2 heterocycles. The van der Waals surface area contributed by atoms with Crippen LogP contribution in [-0.4, -0.2) is 53.2 Å². The highest BCUT2D eigenvalue weighted by Crippen LogP contribution is 2.35. The van der Waals surface area contributed by atoms with Gasteiger partial charge in [0.15, 0.2) is 0 Å². The molecule has 2 N–H and O–H groups in total. The van der Waals surface area contributed by atoms with E-state index in [1.807, 2.05) is 0 Å². The minimum absolute atomic E-state index is 0.0333. The molecule has 1 aromatic carbocycles. The Bertz CT molecular complexity index is 797. The van der Waals surface area contributed by atoms with Crippen molar-refractivity contribution in [3.63, 3.8) is 0 Å². The van der Waals surface area contributed by atoms with E-state index in [4.69, 9.17) is 5.73 Å². The van der Waals surface area contributed by atoms with Gasteiger partial charge in [-0.15, -0.1) is 0 Å². The smallest absolute Gasteiger partial charge is 0.338 e. The summed E-state index contributed by atoms with van der Waals surface area (Å²) in [4.78, 5) is 26.7. The molecule has 1 atom stereocenters. The molecule has 2 amide bonds. The summed E-state index contributed by atoms with van der Waals surface area (Å²) in [6, 6.07) is 3.06. The number of carbonyl (C=O) groups is 2. The first kappa shape index (κ1) is 21.5. The van der Waals surface area contributed by atoms with Crippen LogP contribution in [0.15, 0.2) is 18.2 Å². The molecule has 0 aliphatic carbocycles. The largest absolute Gasteiger partial charge is 0.416 e. The average Bonchev–Trinajstić information content (AvgIpc) is 2.62. The third-order valence-electron chi connectivity index (χ3n) is 5.30. The third-order valence-corrected chi connectivity index (χ3v) is 5.30. The molecule has 1 aromatic rings.